The number of nitrogens with two attached hydrogens (primary N) is 1. The second-order valence-electron chi connectivity index (χ2n) is 6.49. The van der Waals surface area contributed by atoms with Crippen molar-refractivity contribution in [3.05, 3.63) is 35.4 Å². The molecule has 0 saturated carbocycles. The van der Waals surface area contributed by atoms with Gasteiger partial charge in [0.15, 0.2) is 0 Å². The lowest BCUT2D eigenvalue weighted by Gasteiger charge is -2.38. The molecule has 1 aliphatic rings. The number of benzene rings is 1. The van der Waals surface area contributed by atoms with Crippen LogP contribution in [0.25, 0.3) is 0 Å². The van der Waals surface area contributed by atoms with Crippen molar-refractivity contribution in [1.82, 2.24) is 4.90 Å². The molecule has 0 radical (unpaired) electrons. The van der Waals surface area contributed by atoms with Gasteiger partial charge in [-0.3, -0.25) is 4.90 Å². The quantitative estimate of drug-likeness (QED) is 0.724. The van der Waals surface area contributed by atoms with E-state index in [1.165, 1.54) is 49.7 Å². The minimum atomic E-state index is 0.158. The van der Waals surface area contributed by atoms with E-state index in [1.807, 2.05) is 0 Å². The molecule has 0 aromatic heterocycles. The molecule has 2 N–H and O–H groups in total. The Morgan fingerprint density at radius 3 is 2.20 bits per heavy atom. The Labute approximate surface area is 124 Å². The van der Waals surface area contributed by atoms with Crippen molar-refractivity contribution in [2.45, 2.75) is 71.0 Å². The summed E-state index contributed by atoms with van der Waals surface area (Å²) >= 11 is 0. The maximum absolute atomic E-state index is 6.12. The van der Waals surface area contributed by atoms with E-state index in [0.717, 1.165) is 19.6 Å². The SMILES string of the molecule is CCCCCCCC(C)(CN)N1Cc2ccccc2C1. The van der Waals surface area contributed by atoms with Gasteiger partial charge >= 0.3 is 0 Å². The van der Waals surface area contributed by atoms with Crippen LogP contribution < -0.4 is 5.73 Å². The molecular formula is C18H30N2. The van der Waals surface area contributed by atoms with Crippen LogP contribution >= 0.6 is 0 Å². The molecule has 1 unspecified atom stereocenters. The Hall–Kier alpha value is -0.860. The number of hydrogen-bond donors (Lipinski definition) is 1. The summed E-state index contributed by atoms with van der Waals surface area (Å²) in [4.78, 5) is 2.58. The highest BCUT2D eigenvalue weighted by Gasteiger charge is 2.33. The maximum Gasteiger partial charge on any atom is 0.0310 e. The molecule has 0 saturated heterocycles. The zero-order valence-electron chi connectivity index (χ0n) is 13.2. The van der Waals surface area contributed by atoms with Gasteiger partial charge in [0, 0.05) is 25.2 Å². The van der Waals surface area contributed by atoms with Crippen LogP contribution in [0, 0.1) is 0 Å². The topological polar surface area (TPSA) is 29.3 Å². The van der Waals surface area contributed by atoms with E-state index in [0.29, 0.717) is 0 Å². The van der Waals surface area contributed by atoms with Gasteiger partial charge in [0.05, 0.1) is 0 Å². The Balaban J connectivity index is 1.88. The molecule has 0 spiro atoms. The van der Waals surface area contributed by atoms with Crippen LogP contribution in [-0.2, 0) is 13.1 Å². The first kappa shape index (κ1) is 15.5. The van der Waals surface area contributed by atoms with Crippen LogP contribution in [-0.4, -0.2) is 17.0 Å². The molecule has 0 aliphatic carbocycles. The lowest BCUT2D eigenvalue weighted by Crippen LogP contribution is -2.49. The Bertz CT molecular complexity index is 391. The van der Waals surface area contributed by atoms with E-state index >= 15 is 0 Å². The van der Waals surface area contributed by atoms with Gasteiger partial charge in [0.25, 0.3) is 0 Å². The van der Waals surface area contributed by atoms with Gasteiger partial charge in [-0.15, -0.1) is 0 Å². The van der Waals surface area contributed by atoms with E-state index in [9.17, 15) is 0 Å². The number of hydrogen-bond acceptors (Lipinski definition) is 2. The Morgan fingerprint density at radius 1 is 1.05 bits per heavy atom. The maximum atomic E-state index is 6.12. The molecule has 112 valence electrons. The van der Waals surface area contributed by atoms with E-state index in [4.69, 9.17) is 5.73 Å². The first-order valence-corrected chi connectivity index (χ1v) is 8.21. The summed E-state index contributed by atoms with van der Waals surface area (Å²) in [6.45, 7) is 7.51. The van der Waals surface area contributed by atoms with Gasteiger partial charge in [0.2, 0.25) is 0 Å². The van der Waals surface area contributed by atoms with E-state index in [1.54, 1.807) is 0 Å². The lowest BCUT2D eigenvalue weighted by atomic mass is 9.92. The second-order valence-corrected chi connectivity index (χ2v) is 6.49. The fourth-order valence-electron chi connectivity index (χ4n) is 3.21. The molecule has 0 amide bonds. The van der Waals surface area contributed by atoms with Crippen LogP contribution in [0.3, 0.4) is 0 Å². The Morgan fingerprint density at radius 2 is 1.65 bits per heavy atom. The van der Waals surface area contributed by atoms with Gasteiger partial charge in [-0.05, 0) is 24.5 Å². The van der Waals surface area contributed by atoms with Gasteiger partial charge in [0.1, 0.15) is 0 Å². The average molecular weight is 274 g/mol. The standard InChI is InChI=1S/C18H30N2/c1-3-4-5-6-9-12-18(2,15-19)20-13-16-10-7-8-11-17(16)14-20/h7-8,10-11H,3-6,9,12-15,19H2,1-2H3. The highest BCUT2D eigenvalue weighted by Crippen LogP contribution is 2.32. The molecule has 1 atom stereocenters. The molecule has 1 aliphatic heterocycles. The second kappa shape index (κ2) is 7.24. The molecule has 1 heterocycles. The van der Waals surface area contributed by atoms with Crippen molar-refractivity contribution in [2.24, 2.45) is 5.73 Å². The molecule has 0 bridgehead atoms. The molecule has 2 nitrogen and oxygen atoms in total. The predicted octanol–water partition coefficient (Wildman–Crippen LogP) is 4.08. The minimum absolute atomic E-state index is 0.158. The van der Waals surface area contributed by atoms with Crippen LogP contribution in [0.4, 0.5) is 0 Å². The van der Waals surface area contributed by atoms with Crippen LogP contribution in [0.5, 0.6) is 0 Å². The van der Waals surface area contributed by atoms with E-state index < -0.39 is 0 Å². The van der Waals surface area contributed by atoms with Crippen LogP contribution in [0.2, 0.25) is 0 Å². The summed E-state index contributed by atoms with van der Waals surface area (Å²) in [7, 11) is 0. The van der Waals surface area contributed by atoms with Crippen molar-refractivity contribution < 1.29 is 0 Å². The molecule has 1 aromatic rings. The first-order chi connectivity index (χ1) is 9.69. The molecule has 2 heteroatoms. The molecule has 2 rings (SSSR count). The fourth-order valence-corrected chi connectivity index (χ4v) is 3.21. The molecule has 0 fully saturated rings. The van der Waals surface area contributed by atoms with Crippen molar-refractivity contribution >= 4 is 0 Å². The third-order valence-electron chi connectivity index (χ3n) is 4.86. The highest BCUT2D eigenvalue weighted by atomic mass is 15.2. The molecule has 1 aromatic carbocycles. The minimum Gasteiger partial charge on any atom is -0.329 e. The van der Waals surface area contributed by atoms with Crippen LogP contribution in [0.1, 0.15) is 63.5 Å². The van der Waals surface area contributed by atoms with E-state index in [2.05, 4.69) is 43.0 Å². The zero-order valence-corrected chi connectivity index (χ0v) is 13.2. The summed E-state index contributed by atoms with van der Waals surface area (Å²) in [5, 5.41) is 0. The average Bonchev–Trinajstić information content (AvgIpc) is 2.91. The van der Waals surface area contributed by atoms with Gasteiger partial charge in [-0.1, -0.05) is 63.3 Å². The number of nitrogens with zero attached hydrogens (tertiary/aromatic N) is 1. The summed E-state index contributed by atoms with van der Waals surface area (Å²) in [5.41, 5.74) is 9.25. The number of unbranched alkanes of at least 4 members (excludes halogenated alkanes) is 4. The van der Waals surface area contributed by atoms with Gasteiger partial charge < -0.3 is 5.73 Å². The highest BCUT2D eigenvalue weighted by molar-refractivity contribution is 5.30. The zero-order chi connectivity index (χ0) is 14.4. The normalized spacial score (nSPS) is 17.9. The summed E-state index contributed by atoms with van der Waals surface area (Å²) < 4.78 is 0. The van der Waals surface area contributed by atoms with Gasteiger partial charge in [-0.25, -0.2) is 0 Å². The van der Waals surface area contributed by atoms with Gasteiger partial charge in [-0.2, -0.15) is 0 Å². The smallest absolute Gasteiger partial charge is 0.0310 e. The van der Waals surface area contributed by atoms with Crippen molar-refractivity contribution in [3.63, 3.8) is 0 Å². The number of fused-ring (bicyclic) bond motifs is 1. The molecular weight excluding hydrogens is 244 g/mol. The first-order valence-electron chi connectivity index (χ1n) is 8.21. The third-order valence-corrected chi connectivity index (χ3v) is 4.86. The van der Waals surface area contributed by atoms with Crippen LogP contribution in [0.15, 0.2) is 24.3 Å². The molecule has 20 heavy (non-hydrogen) atoms. The lowest BCUT2D eigenvalue weighted by molar-refractivity contribution is 0.0961. The fraction of sp³-hybridized carbons (Fsp3) is 0.667. The monoisotopic (exact) mass is 274 g/mol. The van der Waals surface area contributed by atoms with Crippen molar-refractivity contribution in [2.75, 3.05) is 6.54 Å². The Kier molecular flexibility index (Phi) is 5.62. The largest absolute Gasteiger partial charge is 0.329 e. The summed E-state index contributed by atoms with van der Waals surface area (Å²) in [6, 6.07) is 8.81. The van der Waals surface area contributed by atoms with Crippen molar-refractivity contribution in [3.8, 4) is 0 Å². The number of rotatable bonds is 8. The summed E-state index contributed by atoms with van der Waals surface area (Å²) in [6.07, 6.45) is 7.94. The predicted molar refractivity (Wildman–Crippen MR) is 86.5 cm³/mol. The third kappa shape index (κ3) is 3.62. The van der Waals surface area contributed by atoms with E-state index in [-0.39, 0.29) is 5.54 Å². The summed E-state index contributed by atoms with van der Waals surface area (Å²) in [5.74, 6) is 0. The van der Waals surface area contributed by atoms with Crippen molar-refractivity contribution in [1.29, 1.82) is 0 Å².